The Bertz CT molecular complexity index is 901. The standard InChI is InChI=1S/C17H15F3N4O/c1-10-15(11(2)24(3)23-10)13-5-4-8-21-16(13)25-12-6-7-14(22-9-12)17(18,19)20/h4-9H,1-3H3. The van der Waals surface area contributed by atoms with E-state index in [1.54, 1.807) is 16.9 Å². The summed E-state index contributed by atoms with van der Waals surface area (Å²) in [4.78, 5) is 7.60. The molecule has 5 nitrogen and oxygen atoms in total. The maximum atomic E-state index is 12.6. The van der Waals surface area contributed by atoms with Gasteiger partial charge >= 0.3 is 6.18 Å². The highest BCUT2D eigenvalue weighted by molar-refractivity contribution is 5.73. The summed E-state index contributed by atoms with van der Waals surface area (Å²) in [5.41, 5.74) is 2.36. The number of aryl methyl sites for hydroxylation is 2. The second kappa shape index (κ2) is 6.19. The van der Waals surface area contributed by atoms with Crippen LogP contribution in [-0.2, 0) is 13.2 Å². The van der Waals surface area contributed by atoms with Gasteiger partial charge < -0.3 is 4.74 Å². The fraction of sp³-hybridized carbons (Fsp3) is 0.235. The molecular formula is C17H15F3N4O. The van der Waals surface area contributed by atoms with E-state index < -0.39 is 11.9 Å². The van der Waals surface area contributed by atoms with Gasteiger partial charge in [-0.15, -0.1) is 0 Å². The van der Waals surface area contributed by atoms with Gasteiger partial charge in [-0.25, -0.2) is 9.97 Å². The number of nitrogens with zero attached hydrogens (tertiary/aromatic N) is 4. The molecule has 0 aliphatic rings. The Hall–Kier alpha value is -2.90. The van der Waals surface area contributed by atoms with Crippen molar-refractivity contribution in [2.75, 3.05) is 0 Å². The minimum absolute atomic E-state index is 0.173. The van der Waals surface area contributed by atoms with E-state index in [9.17, 15) is 13.2 Å². The van der Waals surface area contributed by atoms with E-state index in [-0.39, 0.29) is 11.6 Å². The van der Waals surface area contributed by atoms with E-state index in [0.29, 0.717) is 5.56 Å². The normalized spacial score (nSPS) is 11.6. The third-order valence-electron chi connectivity index (χ3n) is 3.79. The number of aromatic nitrogens is 4. The van der Waals surface area contributed by atoms with E-state index in [1.165, 1.54) is 6.07 Å². The first-order valence-corrected chi connectivity index (χ1v) is 7.44. The molecule has 0 N–H and O–H groups in total. The highest BCUT2D eigenvalue weighted by Gasteiger charge is 2.32. The molecule has 25 heavy (non-hydrogen) atoms. The van der Waals surface area contributed by atoms with Gasteiger partial charge in [-0.3, -0.25) is 4.68 Å². The van der Waals surface area contributed by atoms with E-state index in [4.69, 9.17) is 4.74 Å². The van der Waals surface area contributed by atoms with Gasteiger partial charge in [0.05, 0.1) is 11.9 Å². The van der Waals surface area contributed by atoms with Crippen LogP contribution in [0.2, 0.25) is 0 Å². The Morgan fingerprint density at radius 1 is 1.08 bits per heavy atom. The first kappa shape index (κ1) is 16.9. The molecule has 0 spiro atoms. The molecule has 0 radical (unpaired) electrons. The number of hydrogen-bond donors (Lipinski definition) is 0. The van der Waals surface area contributed by atoms with Crippen LogP contribution in [0.4, 0.5) is 13.2 Å². The third-order valence-corrected chi connectivity index (χ3v) is 3.79. The van der Waals surface area contributed by atoms with E-state index >= 15 is 0 Å². The second-order valence-corrected chi connectivity index (χ2v) is 5.50. The van der Waals surface area contributed by atoms with Gasteiger partial charge in [0.15, 0.2) is 0 Å². The van der Waals surface area contributed by atoms with Gasteiger partial charge in [0.2, 0.25) is 5.88 Å². The molecule has 0 aromatic carbocycles. The molecule has 0 fully saturated rings. The Labute approximate surface area is 142 Å². The summed E-state index contributed by atoms with van der Waals surface area (Å²) >= 11 is 0. The SMILES string of the molecule is Cc1nn(C)c(C)c1-c1cccnc1Oc1ccc(C(F)(F)F)nc1. The largest absolute Gasteiger partial charge is 0.437 e. The van der Waals surface area contributed by atoms with Gasteiger partial charge in [0.25, 0.3) is 0 Å². The number of pyridine rings is 2. The van der Waals surface area contributed by atoms with Crippen LogP contribution in [0.5, 0.6) is 11.6 Å². The average Bonchev–Trinajstić information content (AvgIpc) is 2.80. The van der Waals surface area contributed by atoms with E-state index in [2.05, 4.69) is 15.1 Å². The van der Waals surface area contributed by atoms with Crippen molar-refractivity contribution in [3.8, 4) is 22.8 Å². The molecule has 3 aromatic heterocycles. The highest BCUT2D eigenvalue weighted by atomic mass is 19.4. The minimum atomic E-state index is -4.49. The second-order valence-electron chi connectivity index (χ2n) is 5.50. The molecular weight excluding hydrogens is 333 g/mol. The third kappa shape index (κ3) is 3.33. The molecule has 0 saturated carbocycles. The number of halogens is 3. The van der Waals surface area contributed by atoms with E-state index in [0.717, 1.165) is 29.2 Å². The van der Waals surface area contributed by atoms with Crippen LogP contribution in [-0.4, -0.2) is 19.7 Å². The monoisotopic (exact) mass is 348 g/mol. The predicted molar refractivity (Wildman–Crippen MR) is 85.2 cm³/mol. The van der Waals surface area contributed by atoms with Crippen LogP contribution in [0.3, 0.4) is 0 Å². The molecule has 3 rings (SSSR count). The van der Waals surface area contributed by atoms with Crippen molar-refractivity contribution in [2.24, 2.45) is 7.05 Å². The van der Waals surface area contributed by atoms with Crippen molar-refractivity contribution in [2.45, 2.75) is 20.0 Å². The van der Waals surface area contributed by atoms with Crippen LogP contribution in [0.1, 0.15) is 17.1 Å². The lowest BCUT2D eigenvalue weighted by Crippen LogP contribution is -2.07. The molecule has 0 aliphatic carbocycles. The predicted octanol–water partition coefficient (Wildman–Crippen LogP) is 4.31. The summed E-state index contributed by atoms with van der Waals surface area (Å²) in [5, 5.41) is 4.37. The smallest absolute Gasteiger partial charge is 0.433 e. The number of alkyl halides is 3. The Morgan fingerprint density at radius 2 is 1.84 bits per heavy atom. The number of hydrogen-bond acceptors (Lipinski definition) is 4. The number of rotatable bonds is 3. The van der Waals surface area contributed by atoms with Crippen molar-refractivity contribution >= 4 is 0 Å². The summed E-state index contributed by atoms with van der Waals surface area (Å²) in [6.45, 7) is 3.80. The molecule has 0 unspecified atom stereocenters. The Balaban J connectivity index is 1.97. The van der Waals surface area contributed by atoms with Crippen molar-refractivity contribution < 1.29 is 17.9 Å². The lowest BCUT2D eigenvalue weighted by Gasteiger charge is -2.11. The van der Waals surface area contributed by atoms with Crippen LogP contribution < -0.4 is 4.74 Å². The zero-order chi connectivity index (χ0) is 18.2. The summed E-state index contributed by atoms with van der Waals surface area (Å²) in [5.74, 6) is 0.454. The topological polar surface area (TPSA) is 52.8 Å². The molecule has 3 heterocycles. The van der Waals surface area contributed by atoms with Gasteiger partial charge in [-0.05, 0) is 38.1 Å². The van der Waals surface area contributed by atoms with Crippen molar-refractivity contribution in [3.63, 3.8) is 0 Å². The van der Waals surface area contributed by atoms with Gasteiger partial charge in [0.1, 0.15) is 11.4 Å². The summed E-state index contributed by atoms with van der Waals surface area (Å²) in [7, 11) is 1.84. The van der Waals surface area contributed by atoms with Gasteiger partial charge in [-0.1, -0.05) is 0 Å². The van der Waals surface area contributed by atoms with Crippen molar-refractivity contribution in [1.29, 1.82) is 0 Å². The molecule has 8 heteroatoms. The van der Waals surface area contributed by atoms with Crippen molar-refractivity contribution in [1.82, 2.24) is 19.7 Å². The minimum Gasteiger partial charge on any atom is -0.437 e. The highest BCUT2D eigenvalue weighted by Crippen LogP contribution is 2.35. The maximum absolute atomic E-state index is 12.6. The summed E-state index contributed by atoms with van der Waals surface area (Å²) < 4.78 is 45.2. The van der Waals surface area contributed by atoms with Gasteiger partial charge in [-0.2, -0.15) is 18.3 Å². The average molecular weight is 348 g/mol. The van der Waals surface area contributed by atoms with Gasteiger partial charge in [0, 0.05) is 30.1 Å². The molecule has 130 valence electrons. The lowest BCUT2D eigenvalue weighted by molar-refractivity contribution is -0.141. The number of ether oxygens (including phenoxy) is 1. The fourth-order valence-electron chi connectivity index (χ4n) is 2.55. The molecule has 0 saturated heterocycles. The summed E-state index contributed by atoms with van der Waals surface area (Å²) in [6.07, 6.45) is -1.90. The van der Waals surface area contributed by atoms with Crippen LogP contribution in [0.25, 0.3) is 11.1 Å². The van der Waals surface area contributed by atoms with Crippen LogP contribution >= 0.6 is 0 Å². The zero-order valence-corrected chi connectivity index (χ0v) is 13.8. The van der Waals surface area contributed by atoms with Crippen LogP contribution in [0.15, 0.2) is 36.7 Å². The van der Waals surface area contributed by atoms with Crippen LogP contribution in [0, 0.1) is 13.8 Å². The zero-order valence-electron chi connectivity index (χ0n) is 13.8. The molecule has 0 amide bonds. The van der Waals surface area contributed by atoms with Crippen molar-refractivity contribution in [3.05, 3.63) is 53.7 Å². The first-order valence-electron chi connectivity index (χ1n) is 7.44. The lowest BCUT2D eigenvalue weighted by atomic mass is 10.1. The molecule has 0 aliphatic heterocycles. The van der Waals surface area contributed by atoms with E-state index in [1.807, 2.05) is 27.0 Å². The Morgan fingerprint density at radius 3 is 2.40 bits per heavy atom. The fourth-order valence-corrected chi connectivity index (χ4v) is 2.55. The molecule has 0 atom stereocenters. The Kier molecular flexibility index (Phi) is 4.20. The summed E-state index contributed by atoms with van der Waals surface area (Å²) in [6, 6.07) is 5.69. The maximum Gasteiger partial charge on any atom is 0.433 e. The molecule has 3 aromatic rings. The first-order chi connectivity index (χ1) is 11.8. The quantitative estimate of drug-likeness (QED) is 0.708. The molecule has 0 bridgehead atoms.